The van der Waals surface area contributed by atoms with Crippen LogP contribution >= 0.6 is 11.3 Å². The van der Waals surface area contributed by atoms with Gasteiger partial charge in [0.25, 0.3) is 0 Å². The van der Waals surface area contributed by atoms with Crippen LogP contribution in [0.4, 0.5) is 0 Å². The highest BCUT2D eigenvalue weighted by atomic mass is 32.1. The van der Waals surface area contributed by atoms with E-state index >= 15 is 0 Å². The number of carbonyl (C=O) groups excluding carboxylic acids is 1. The summed E-state index contributed by atoms with van der Waals surface area (Å²) in [7, 11) is 0. The first-order chi connectivity index (χ1) is 9.04. The minimum Gasteiger partial charge on any atom is -0.340 e. The molecule has 5 heteroatoms. The monoisotopic (exact) mass is 281 g/mol. The van der Waals surface area contributed by atoms with Gasteiger partial charge in [-0.15, -0.1) is 11.3 Å². The fraction of sp³-hybridized carbons (Fsp3) is 0.714. The third kappa shape index (κ3) is 4.28. The van der Waals surface area contributed by atoms with Gasteiger partial charge in [0.1, 0.15) is 0 Å². The van der Waals surface area contributed by atoms with Crippen molar-refractivity contribution in [2.45, 2.75) is 52.1 Å². The van der Waals surface area contributed by atoms with E-state index < -0.39 is 0 Å². The van der Waals surface area contributed by atoms with E-state index in [1.807, 2.05) is 11.8 Å². The molecule has 2 rings (SSSR count). The predicted molar refractivity (Wildman–Crippen MR) is 78.4 cm³/mol. The summed E-state index contributed by atoms with van der Waals surface area (Å²) in [5.74, 6) is 0.284. The van der Waals surface area contributed by atoms with Gasteiger partial charge >= 0.3 is 0 Å². The summed E-state index contributed by atoms with van der Waals surface area (Å²) in [6.07, 6.45) is 2.44. The molecule has 0 radical (unpaired) electrons. The van der Waals surface area contributed by atoms with E-state index in [0.717, 1.165) is 36.6 Å². The van der Waals surface area contributed by atoms with E-state index in [1.165, 1.54) is 0 Å². The van der Waals surface area contributed by atoms with Crippen LogP contribution in [0, 0.1) is 6.92 Å². The second kappa shape index (κ2) is 6.48. The lowest BCUT2D eigenvalue weighted by Crippen LogP contribution is -2.55. The number of aryl methyl sites for hydroxylation is 2. The Morgan fingerprint density at radius 3 is 2.74 bits per heavy atom. The highest BCUT2D eigenvalue weighted by Crippen LogP contribution is 2.12. The summed E-state index contributed by atoms with van der Waals surface area (Å²) in [4.78, 5) is 18.6. The quantitative estimate of drug-likeness (QED) is 0.918. The second-order valence-corrected chi connectivity index (χ2v) is 6.54. The minimum absolute atomic E-state index is 0.284. The SMILES string of the molecule is Cc1nc(CCCC(=O)N2C[C@@H](C)N[C@@H](C)C2)cs1. The van der Waals surface area contributed by atoms with Gasteiger partial charge in [0.15, 0.2) is 0 Å². The maximum atomic E-state index is 12.2. The van der Waals surface area contributed by atoms with Crippen molar-refractivity contribution in [2.75, 3.05) is 13.1 Å². The van der Waals surface area contributed by atoms with Crippen molar-refractivity contribution in [3.63, 3.8) is 0 Å². The Kier molecular flexibility index (Phi) is 4.93. The molecule has 4 nitrogen and oxygen atoms in total. The molecule has 1 aliphatic heterocycles. The van der Waals surface area contributed by atoms with Crippen molar-refractivity contribution in [3.05, 3.63) is 16.1 Å². The van der Waals surface area contributed by atoms with Gasteiger partial charge < -0.3 is 10.2 Å². The van der Waals surface area contributed by atoms with Gasteiger partial charge in [-0.1, -0.05) is 0 Å². The Bertz CT molecular complexity index is 422. The summed E-state index contributed by atoms with van der Waals surface area (Å²) in [6.45, 7) is 7.95. The van der Waals surface area contributed by atoms with Crippen molar-refractivity contribution in [1.82, 2.24) is 15.2 Å². The van der Waals surface area contributed by atoms with E-state index in [2.05, 4.69) is 29.5 Å². The van der Waals surface area contributed by atoms with Crippen LogP contribution in [-0.2, 0) is 11.2 Å². The van der Waals surface area contributed by atoms with Crippen molar-refractivity contribution in [3.8, 4) is 0 Å². The Morgan fingerprint density at radius 2 is 2.16 bits per heavy atom. The van der Waals surface area contributed by atoms with E-state index in [0.29, 0.717) is 18.5 Å². The molecule has 1 fully saturated rings. The lowest BCUT2D eigenvalue weighted by Gasteiger charge is -2.36. The van der Waals surface area contributed by atoms with Gasteiger partial charge in [0.05, 0.1) is 10.7 Å². The molecular formula is C14H23N3OS. The molecule has 0 aromatic carbocycles. The van der Waals surface area contributed by atoms with Gasteiger partial charge in [0, 0.05) is 37.0 Å². The molecule has 1 aliphatic rings. The molecule has 19 heavy (non-hydrogen) atoms. The Labute approximate surface area is 119 Å². The summed E-state index contributed by atoms with van der Waals surface area (Å²) < 4.78 is 0. The van der Waals surface area contributed by atoms with Gasteiger partial charge in [-0.25, -0.2) is 4.98 Å². The van der Waals surface area contributed by atoms with Crippen LogP contribution in [0.1, 0.15) is 37.4 Å². The first kappa shape index (κ1) is 14.5. The number of nitrogens with one attached hydrogen (secondary N) is 1. The molecule has 0 spiro atoms. The molecule has 0 aliphatic carbocycles. The molecule has 1 aromatic rings. The number of amides is 1. The number of hydrogen-bond acceptors (Lipinski definition) is 4. The van der Waals surface area contributed by atoms with E-state index in [-0.39, 0.29) is 5.91 Å². The number of nitrogens with zero attached hydrogens (tertiary/aromatic N) is 2. The third-order valence-electron chi connectivity index (χ3n) is 3.40. The second-order valence-electron chi connectivity index (χ2n) is 5.48. The topological polar surface area (TPSA) is 45.2 Å². The van der Waals surface area contributed by atoms with Crippen LogP contribution < -0.4 is 5.32 Å². The molecule has 106 valence electrons. The smallest absolute Gasteiger partial charge is 0.222 e. The number of rotatable bonds is 4. The fourth-order valence-electron chi connectivity index (χ4n) is 2.63. The van der Waals surface area contributed by atoms with Crippen molar-refractivity contribution in [2.24, 2.45) is 0 Å². The summed E-state index contributed by atoms with van der Waals surface area (Å²) in [5.41, 5.74) is 1.12. The lowest BCUT2D eigenvalue weighted by molar-refractivity contribution is -0.133. The van der Waals surface area contributed by atoms with Gasteiger partial charge in [-0.3, -0.25) is 4.79 Å². The Morgan fingerprint density at radius 1 is 1.47 bits per heavy atom. The number of piperazine rings is 1. The molecule has 2 heterocycles. The molecule has 0 bridgehead atoms. The van der Waals surface area contributed by atoms with Crippen LogP contribution in [0.25, 0.3) is 0 Å². The van der Waals surface area contributed by atoms with Crippen LogP contribution in [0.5, 0.6) is 0 Å². The largest absolute Gasteiger partial charge is 0.340 e. The van der Waals surface area contributed by atoms with Crippen LogP contribution in [0.2, 0.25) is 0 Å². The summed E-state index contributed by atoms with van der Waals surface area (Å²) in [6, 6.07) is 0.794. The zero-order valence-corrected chi connectivity index (χ0v) is 12.8. The zero-order valence-electron chi connectivity index (χ0n) is 12.0. The number of hydrogen-bond donors (Lipinski definition) is 1. The van der Waals surface area contributed by atoms with E-state index in [9.17, 15) is 4.79 Å². The molecule has 1 N–H and O–H groups in total. The standard InChI is InChI=1S/C14H23N3OS/c1-10-7-17(8-11(2)15-10)14(18)6-4-5-13-9-19-12(3)16-13/h9-11,15H,4-8H2,1-3H3/t10-,11+. The minimum atomic E-state index is 0.284. The van der Waals surface area contributed by atoms with E-state index in [1.54, 1.807) is 11.3 Å². The maximum absolute atomic E-state index is 12.2. The van der Waals surface area contributed by atoms with Crippen molar-refractivity contribution < 1.29 is 4.79 Å². The van der Waals surface area contributed by atoms with Crippen molar-refractivity contribution in [1.29, 1.82) is 0 Å². The summed E-state index contributed by atoms with van der Waals surface area (Å²) >= 11 is 1.68. The first-order valence-electron chi connectivity index (χ1n) is 6.99. The van der Waals surface area contributed by atoms with Gasteiger partial charge in [-0.2, -0.15) is 0 Å². The summed E-state index contributed by atoms with van der Waals surface area (Å²) in [5, 5.41) is 6.64. The molecule has 0 unspecified atom stereocenters. The molecule has 1 amide bonds. The average Bonchev–Trinajstić information content (AvgIpc) is 2.73. The van der Waals surface area contributed by atoms with E-state index in [4.69, 9.17) is 0 Å². The molecule has 2 atom stereocenters. The number of thiazole rings is 1. The molecule has 1 aromatic heterocycles. The zero-order chi connectivity index (χ0) is 13.8. The Hall–Kier alpha value is -0.940. The first-order valence-corrected chi connectivity index (χ1v) is 7.87. The highest BCUT2D eigenvalue weighted by molar-refractivity contribution is 7.09. The molecular weight excluding hydrogens is 258 g/mol. The van der Waals surface area contributed by atoms with Crippen LogP contribution in [0.15, 0.2) is 5.38 Å². The lowest BCUT2D eigenvalue weighted by atomic mass is 10.1. The maximum Gasteiger partial charge on any atom is 0.222 e. The van der Waals surface area contributed by atoms with Gasteiger partial charge in [0.2, 0.25) is 5.91 Å². The highest BCUT2D eigenvalue weighted by Gasteiger charge is 2.24. The number of aromatic nitrogens is 1. The normalized spacial score (nSPS) is 23.6. The molecule has 0 saturated carbocycles. The third-order valence-corrected chi connectivity index (χ3v) is 4.22. The van der Waals surface area contributed by atoms with Crippen LogP contribution in [0.3, 0.4) is 0 Å². The number of carbonyl (C=O) groups is 1. The Balaban J connectivity index is 1.74. The van der Waals surface area contributed by atoms with Gasteiger partial charge in [-0.05, 0) is 33.6 Å². The predicted octanol–water partition coefficient (Wildman–Crippen LogP) is 1.98. The fourth-order valence-corrected chi connectivity index (χ4v) is 3.28. The average molecular weight is 281 g/mol. The van der Waals surface area contributed by atoms with Crippen molar-refractivity contribution >= 4 is 17.2 Å². The molecule has 1 saturated heterocycles. The van der Waals surface area contributed by atoms with Crippen LogP contribution in [-0.4, -0.2) is 41.0 Å².